The van der Waals surface area contributed by atoms with E-state index in [1.165, 1.54) is 0 Å². The maximum Gasteiger partial charge on any atom is 0.293 e. The standard InChI is InChI=1S/C26H27N5O2.C5H10O2/c1-30-13-15-31(16-14-30)21-9-7-20(8-10-21)26(32)27-25-23-12-11-22(17-24(23)28-29-25)33-18-19-5-3-2-4-6-19;1-5(2,3)7-4-6/h2-12,17H,13-16,18H2,1H3,(H2,27,28,29,32);4H,1-3H3. The van der Waals surface area contributed by atoms with Crippen LogP contribution in [0.5, 0.6) is 5.75 Å². The van der Waals surface area contributed by atoms with Crippen LogP contribution in [0.1, 0.15) is 36.7 Å². The quantitative estimate of drug-likeness (QED) is 0.313. The highest BCUT2D eigenvalue weighted by atomic mass is 16.5. The molecule has 3 aromatic carbocycles. The molecule has 0 spiro atoms. The Kier molecular flexibility index (Phi) is 9.39. The highest BCUT2D eigenvalue weighted by Gasteiger charge is 2.16. The van der Waals surface area contributed by atoms with Gasteiger partial charge in [0.1, 0.15) is 18.0 Å². The van der Waals surface area contributed by atoms with E-state index in [0.29, 0.717) is 24.5 Å². The molecule has 9 heteroatoms. The Hall–Kier alpha value is -4.37. The molecule has 0 atom stereocenters. The summed E-state index contributed by atoms with van der Waals surface area (Å²) in [7, 11) is 2.14. The molecule has 5 rings (SSSR count). The first-order chi connectivity index (χ1) is 19.2. The van der Waals surface area contributed by atoms with Crippen LogP contribution in [-0.2, 0) is 16.1 Å². The second-order valence-corrected chi connectivity index (χ2v) is 10.7. The topological polar surface area (TPSA) is 99.8 Å². The number of benzene rings is 3. The summed E-state index contributed by atoms with van der Waals surface area (Å²) >= 11 is 0. The Labute approximate surface area is 235 Å². The molecule has 1 aliphatic heterocycles. The third-order valence-corrected chi connectivity index (χ3v) is 6.41. The van der Waals surface area contributed by atoms with Crippen molar-refractivity contribution in [3.8, 4) is 5.75 Å². The van der Waals surface area contributed by atoms with Crippen molar-refractivity contribution in [2.75, 3.05) is 43.4 Å². The lowest BCUT2D eigenvalue weighted by Gasteiger charge is -2.34. The molecule has 0 unspecified atom stereocenters. The minimum Gasteiger partial charge on any atom is -0.489 e. The molecule has 0 bridgehead atoms. The molecule has 1 amide bonds. The minimum absolute atomic E-state index is 0.183. The van der Waals surface area contributed by atoms with Gasteiger partial charge in [-0.2, -0.15) is 5.10 Å². The fourth-order valence-electron chi connectivity index (χ4n) is 4.14. The normalized spacial score (nSPS) is 13.8. The van der Waals surface area contributed by atoms with E-state index in [-0.39, 0.29) is 11.5 Å². The largest absolute Gasteiger partial charge is 0.489 e. The number of fused-ring (bicyclic) bond motifs is 1. The van der Waals surface area contributed by atoms with Crippen LogP contribution in [-0.4, -0.2) is 66.3 Å². The number of amides is 1. The van der Waals surface area contributed by atoms with Gasteiger partial charge in [-0.25, -0.2) is 0 Å². The molecule has 0 radical (unpaired) electrons. The average Bonchev–Trinajstić information content (AvgIpc) is 3.34. The molecule has 2 heterocycles. The molecule has 2 N–H and O–H groups in total. The van der Waals surface area contributed by atoms with E-state index in [1.54, 1.807) is 0 Å². The fraction of sp³-hybridized carbons (Fsp3) is 0.323. The number of hydrogen-bond acceptors (Lipinski definition) is 7. The molecule has 1 aliphatic rings. The number of ether oxygens (including phenoxy) is 2. The third-order valence-electron chi connectivity index (χ3n) is 6.41. The molecular weight excluding hydrogens is 506 g/mol. The van der Waals surface area contributed by atoms with Crippen LogP contribution < -0.4 is 15.0 Å². The van der Waals surface area contributed by atoms with Crippen LogP contribution in [0.25, 0.3) is 10.9 Å². The van der Waals surface area contributed by atoms with Gasteiger partial charge in [-0.05, 0) is 69.8 Å². The molecule has 210 valence electrons. The van der Waals surface area contributed by atoms with Gasteiger partial charge in [0.05, 0.1) is 5.52 Å². The Balaban J connectivity index is 0.000000470. The zero-order chi connectivity index (χ0) is 28.5. The lowest BCUT2D eigenvalue weighted by atomic mass is 10.1. The second kappa shape index (κ2) is 13.1. The van der Waals surface area contributed by atoms with Gasteiger partial charge >= 0.3 is 0 Å². The zero-order valence-electron chi connectivity index (χ0n) is 23.5. The Morgan fingerprint density at radius 2 is 1.70 bits per heavy atom. The number of H-pyrrole nitrogens is 1. The van der Waals surface area contributed by atoms with Crippen LogP contribution >= 0.6 is 0 Å². The van der Waals surface area contributed by atoms with Gasteiger partial charge in [0.2, 0.25) is 0 Å². The molecule has 0 saturated carbocycles. The van der Waals surface area contributed by atoms with Crippen molar-refractivity contribution in [2.24, 2.45) is 0 Å². The number of carbonyl (C=O) groups excluding carboxylic acids is 2. The molecule has 4 aromatic rings. The highest BCUT2D eigenvalue weighted by Crippen LogP contribution is 2.26. The van der Waals surface area contributed by atoms with Crippen LogP contribution in [0.4, 0.5) is 11.5 Å². The van der Waals surface area contributed by atoms with Gasteiger partial charge in [0.15, 0.2) is 5.82 Å². The maximum absolute atomic E-state index is 12.8. The average molecular weight is 544 g/mol. The molecule has 1 aromatic heterocycles. The van der Waals surface area contributed by atoms with Crippen LogP contribution in [0.2, 0.25) is 0 Å². The van der Waals surface area contributed by atoms with E-state index in [2.05, 4.69) is 37.1 Å². The molecule has 0 aliphatic carbocycles. The number of nitrogens with zero attached hydrogens (tertiary/aromatic N) is 3. The first kappa shape index (κ1) is 28.6. The number of rotatable bonds is 7. The smallest absolute Gasteiger partial charge is 0.293 e. The summed E-state index contributed by atoms with van der Waals surface area (Å²) in [5, 5.41) is 11.0. The number of carbonyl (C=O) groups is 2. The highest BCUT2D eigenvalue weighted by molar-refractivity contribution is 6.08. The fourth-order valence-corrected chi connectivity index (χ4v) is 4.14. The summed E-state index contributed by atoms with van der Waals surface area (Å²) in [6, 6.07) is 23.5. The summed E-state index contributed by atoms with van der Waals surface area (Å²) in [6.07, 6.45) is 0. The number of piperazine rings is 1. The second-order valence-electron chi connectivity index (χ2n) is 10.7. The summed E-state index contributed by atoms with van der Waals surface area (Å²) in [5.74, 6) is 1.07. The van der Waals surface area contributed by atoms with E-state index in [0.717, 1.165) is 54.1 Å². The molecule has 1 saturated heterocycles. The number of aromatic nitrogens is 2. The summed E-state index contributed by atoms with van der Waals surface area (Å²) in [4.78, 5) is 27.1. The van der Waals surface area contributed by atoms with Crippen molar-refractivity contribution in [1.82, 2.24) is 15.1 Å². The van der Waals surface area contributed by atoms with Gasteiger partial charge < -0.3 is 24.6 Å². The van der Waals surface area contributed by atoms with Gasteiger partial charge in [-0.1, -0.05) is 30.3 Å². The van der Waals surface area contributed by atoms with Crippen LogP contribution in [0.3, 0.4) is 0 Å². The summed E-state index contributed by atoms with van der Waals surface area (Å²) in [6.45, 7) is 10.5. The zero-order valence-corrected chi connectivity index (χ0v) is 23.5. The number of anilines is 2. The van der Waals surface area contributed by atoms with Crippen molar-refractivity contribution < 1.29 is 19.1 Å². The number of aromatic amines is 1. The van der Waals surface area contributed by atoms with Crippen molar-refractivity contribution in [3.05, 3.63) is 83.9 Å². The van der Waals surface area contributed by atoms with E-state index in [1.807, 2.05) is 93.6 Å². The number of hydrogen-bond donors (Lipinski definition) is 2. The van der Waals surface area contributed by atoms with Gasteiger partial charge in [0.25, 0.3) is 12.4 Å². The van der Waals surface area contributed by atoms with Crippen molar-refractivity contribution in [1.29, 1.82) is 0 Å². The van der Waals surface area contributed by atoms with Crippen LogP contribution in [0.15, 0.2) is 72.8 Å². The molecule has 1 fully saturated rings. The number of nitrogens with one attached hydrogen (secondary N) is 2. The minimum atomic E-state index is -0.318. The summed E-state index contributed by atoms with van der Waals surface area (Å²) in [5.41, 5.74) is 3.34. The number of likely N-dealkylation sites (N-methyl/N-ethyl adjacent to an activating group) is 1. The predicted molar refractivity (Wildman–Crippen MR) is 158 cm³/mol. The van der Waals surface area contributed by atoms with E-state index in [4.69, 9.17) is 4.74 Å². The van der Waals surface area contributed by atoms with Gasteiger partial charge in [-0.3, -0.25) is 14.7 Å². The van der Waals surface area contributed by atoms with Gasteiger partial charge in [0, 0.05) is 48.9 Å². The SMILES string of the molecule is CC(C)(C)OC=O.CN1CCN(c2ccc(C(=O)Nc3n[nH]c4cc(OCc5ccccc5)ccc34)cc2)CC1. The molecule has 9 nitrogen and oxygen atoms in total. The summed E-state index contributed by atoms with van der Waals surface area (Å²) < 4.78 is 10.4. The first-order valence-corrected chi connectivity index (χ1v) is 13.3. The van der Waals surface area contributed by atoms with Crippen molar-refractivity contribution in [3.63, 3.8) is 0 Å². The first-order valence-electron chi connectivity index (χ1n) is 13.3. The Morgan fingerprint density at radius 1 is 1.00 bits per heavy atom. The van der Waals surface area contributed by atoms with E-state index < -0.39 is 0 Å². The van der Waals surface area contributed by atoms with Crippen molar-refractivity contribution >= 4 is 34.8 Å². The maximum atomic E-state index is 12.8. The molecular formula is C31H37N5O4. The predicted octanol–water partition coefficient (Wildman–Crippen LogP) is 5.10. The van der Waals surface area contributed by atoms with Crippen molar-refractivity contribution in [2.45, 2.75) is 33.0 Å². The van der Waals surface area contributed by atoms with E-state index in [9.17, 15) is 9.59 Å². The third kappa shape index (κ3) is 8.07. The Bertz CT molecular complexity index is 1390. The van der Waals surface area contributed by atoms with Crippen LogP contribution in [0, 0.1) is 0 Å². The lowest BCUT2D eigenvalue weighted by Crippen LogP contribution is -2.44. The molecule has 40 heavy (non-hydrogen) atoms. The lowest BCUT2D eigenvalue weighted by molar-refractivity contribution is -0.138. The van der Waals surface area contributed by atoms with Gasteiger partial charge in [-0.15, -0.1) is 0 Å². The van der Waals surface area contributed by atoms with E-state index >= 15 is 0 Å². The monoisotopic (exact) mass is 543 g/mol. The Morgan fingerprint density at radius 3 is 2.33 bits per heavy atom.